The first-order valence-corrected chi connectivity index (χ1v) is 5.30. The van der Waals surface area contributed by atoms with Crippen molar-refractivity contribution < 1.29 is 19.1 Å². The molecule has 0 saturated carbocycles. The number of hydrogen-bond acceptors (Lipinski definition) is 4. The van der Waals surface area contributed by atoms with Crippen molar-refractivity contribution in [2.24, 2.45) is 5.41 Å². The first-order valence-electron chi connectivity index (χ1n) is 5.30. The van der Waals surface area contributed by atoms with Crippen LogP contribution in [-0.4, -0.2) is 18.9 Å². The van der Waals surface area contributed by atoms with E-state index in [4.69, 9.17) is 4.74 Å². The molecule has 0 N–H and O–H groups in total. The minimum Gasteiger partial charge on any atom is -0.486 e. The van der Waals surface area contributed by atoms with Gasteiger partial charge in [-0.25, -0.2) is 0 Å². The highest BCUT2D eigenvalue weighted by atomic mass is 16.5. The highest BCUT2D eigenvalue weighted by molar-refractivity contribution is 5.85. The second kappa shape index (κ2) is 5.48. The Morgan fingerprint density at radius 3 is 2.53 bits per heavy atom. The maximum absolute atomic E-state index is 11.6. The molecule has 0 radical (unpaired) electrons. The first-order chi connectivity index (χ1) is 7.93. The molecule has 0 spiro atoms. The van der Waals surface area contributed by atoms with E-state index in [0.29, 0.717) is 18.0 Å². The van der Waals surface area contributed by atoms with Crippen LogP contribution in [0.3, 0.4) is 0 Å². The first kappa shape index (κ1) is 13.2. The Bertz CT molecular complexity index is 404. The van der Waals surface area contributed by atoms with Crippen LogP contribution in [0.15, 0.2) is 24.3 Å². The van der Waals surface area contributed by atoms with E-state index in [1.165, 1.54) is 0 Å². The molecule has 17 heavy (non-hydrogen) atoms. The predicted octanol–water partition coefficient (Wildman–Crippen LogP) is 2.22. The number of carbonyl (C=O) groups excluding carboxylic acids is 2. The molecule has 1 aromatic rings. The Kier molecular flexibility index (Phi) is 4.26. The smallest absolute Gasteiger partial charge is 0.298 e. The highest BCUT2D eigenvalue weighted by Gasteiger charge is 2.21. The number of ketones is 1. The lowest BCUT2D eigenvalue weighted by Crippen LogP contribution is -2.26. The summed E-state index contributed by atoms with van der Waals surface area (Å²) in [5.74, 6) is 0.905. The monoisotopic (exact) mass is 236 g/mol. The average Bonchev–Trinajstić information content (AvgIpc) is 2.25. The van der Waals surface area contributed by atoms with E-state index < -0.39 is 5.41 Å². The van der Waals surface area contributed by atoms with Gasteiger partial charge in [0, 0.05) is 11.5 Å². The molecule has 1 rings (SSSR count). The van der Waals surface area contributed by atoms with Crippen molar-refractivity contribution >= 4 is 12.3 Å². The fourth-order valence-corrected chi connectivity index (χ4v) is 1.06. The quantitative estimate of drug-likeness (QED) is 0.735. The summed E-state index contributed by atoms with van der Waals surface area (Å²) < 4.78 is 10.0. The summed E-state index contributed by atoms with van der Waals surface area (Å²) in [6, 6.07) is 6.58. The third kappa shape index (κ3) is 4.26. The van der Waals surface area contributed by atoms with Crippen molar-refractivity contribution in [3.05, 3.63) is 24.3 Å². The van der Waals surface area contributed by atoms with Gasteiger partial charge in [-0.05, 0) is 12.1 Å². The normalized spacial score (nSPS) is 10.8. The molecule has 0 bridgehead atoms. The number of ether oxygens (including phenoxy) is 2. The van der Waals surface area contributed by atoms with Gasteiger partial charge in [-0.2, -0.15) is 0 Å². The van der Waals surface area contributed by atoms with Crippen LogP contribution in [0.2, 0.25) is 0 Å². The van der Waals surface area contributed by atoms with Crippen molar-refractivity contribution in [3.63, 3.8) is 0 Å². The SMILES string of the molecule is CC(C)(C)C(=O)COc1cccc(OC=O)c1. The van der Waals surface area contributed by atoms with Gasteiger partial charge >= 0.3 is 0 Å². The molecule has 0 saturated heterocycles. The average molecular weight is 236 g/mol. The van der Waals surface area contributed by atoms with E-state index in [1.807, 2.05) is 20.8 Å². The number of benzene rings is 1. The van der Waals surface area contributed by atoms with Gasteiger partial charge in [-0.15, -0.1) is 0 Å². The molecule has 0 aliphatic heterocycles. The Labute approximate surface area is 101 Å². The molecule has 4 heteroatoms. The Morgan fingerprint density at radius 1 is 1.29 bits per heavy atom. The standard InChI is InChI=1S/C13H16O4/c1-13(2,3)12(15)8-16-10-5-4-6-11(7-10)17-9-14/h4-7,9H,8H2,1-3H3. The van der Waals surface area contributed by atoms with Crippen molar-refractivity contribution in [1.82, 2.24) is 0 Å². The van der Waals surface area contributed by atoms with E-state index in [9.17, 15) is 9.59 Å². The molecular formula is C13H16O4. The lowest BCUT2D eigenvalue weighted by molar-refractivity contribution is -0.128. The van der Waals surface area contributed by atoms with Crippen LogP contribution in [0.5, 0.6) is 11.5 Å². The lowest BCUT2D eigenvalue weighted by Gasteiger charge is -2.16. The maximum Gasteiger partial charge on any atom is 0.298 e. The number of carbonyl (C=O) groups is 2. The minimum atomic E-state index is -0.420. The highest BCUT2D eigenvalue weighted by Crippen LogP contribution is 2.20. The van der Waals surface area contributed by atoms with Gasteiger partial charge in [0.05, 0.1) is 0 Å². The van der Waals surface area contributed by atoms with Gasteiger partial charge in [0.2, 0.25) is 0 Å². The Hall–Kier alpha value is -1.84. The van der Waals surface area contributed by atoms with Crippen LogP contribution in [0.25, 0.3) is 0 Å². The third-order valence-electron chi connectivity index (χ3n) is 2.20. The topological polar surface area (TPSA) is 52.6 Å². The number of hydrogen-bond donors (Lipinski definition) is 0. The van der Waals surface area contributed by atoms with E-state index in [-0.39, 0.29) is 12.4 Å². The van der Waals surface area contributed by atoms with E-state index >= 15 is 0 Å². The van der Waals surface area contributed by atoms with Crippen molar-refractivity contribution in [2.75, 3.05) is 6.61 Å². The van der Waals surface area contributed by atoms with Crippen LogP contribution >= 0.6 is 0 Å². The van der Waals surface area contributed by atoms with Gasteiger partial charge < -0.3 is 9.47 Å². The zero-order chi connectivity index (χ0) is 12.9. The molecule has 92 valence electrons. The molecule has 0 amide bonds. The number of Topliss-reactive ketones (excluding diaryl/α,β-unsaturated/α-hetero) is 1. The van der Waals surface area contributed by atoms with Crippen LogP contribution in [0, 0.1) is 5.41 Å². The summed E-state index contributed by atoms with van der Waals surface area (Å²) >= 11 is 0. The van der Waals surface area contributed by atoms with Crippen molar-refractivity contribution in [3.8, 4) is 11.5 Å². The van der Waals surface area contributed by atoms with E-state index in [0.717, 1.165) is 0 Å². The minimum absolute atomic E-state index is 0.00798. The molecule has 0 aromatic heterocycles. The van der Waals surface area contributed by atoms with E-state index in [2.05, 4.69) is 4.74 Å². The van der Waals surface area contributed by atoms with Gasteiger partial charge in [-0.3, -0.25) is 9.59 Å². The largest absolute Gasteiger partial charge is 0.486 e. The maximum atomic E-state index is 11.6. The fraction of sp³-hybridized carbons (Fsp3) is 0.385. The summed E-state index contributed by atoms with van der Waals surface area (Å²) in [6.07, 6.45) is 0. The molecule has 0 unspecified atom stereocenters. The summed E-state index contributed by atoms with van der Waals surface area (Å²) in [4.78, 5) is 21.8. The fourth-order valence-electron chi connectivity index (χ4n) is 1.06. The molecule has 0 heterocycles. The zero-order valence-corrected chi connectivity index (χ0v) is 10.2. The number of rotatable bonds is 5. The second-order valence-corrected chi connectivity index (χ2v) is 4.65. The van der Waals surface area contributed by atoms with Crippen LogP contribution in [0.1, 0.15) is 20.8 Å². The van der Waals surface area contributed by atoms with Crippen LogP contribution in [-0.2, 0) is 9.59 Å². The van der Waals surface area contributed by atoms with Crippen molar-refractivity contribution in [1.29, 1.82) is 0 Å². The van der Waals surface area contributed by atoms with Crippen molar-refractivity contribution in [2.45, 2.75) is 20.8 Å². The van der Waals surface area contributed by atoms with Gasteiger partial charge in [-0.1, -0.05) is 26.8 Å². The molecule has 0 fully saturated rings. The third-order valence-corrected chi connectivity index (χ3v) is 2.20. The predicted molar refractivity (Wildman–Crippen MR) is 63.1 cm³/mol. The van der Waals surface area contributed by atoms with Crippen LogP contribution < -0.4 is 9.47 Å². The molecule has 0 aliphatic rings. The summed E-state index contributed by atoms with van der Waals surface area (Å²) in [5.41, 5.74) is -0.420. The molecule has 4 nitrogen and oxygen atoms in total. The summed E-state index contributed by atoms with van der Waals surface area (Å²) in [5, 5.41) is 0. The second-order valence-electron chi connectivity index (χ2n) is 4.65. The summed E-state index contributed by atoms with van der Waals surface area (Å²) in [7, 11) is 0. The lowest BCUT2D eigenvalue weighted by atomic mass is 9.91. The van der Waals surface area contributed by atoms with Gasteiger partial charge in [0.25, 0.3) is 6.47 Å². The molecule has 0 aliphatic carbocycles. The van der Waals surface area contributed by atoms with Crippen LogP contribution in [0.4, 0.5) is 0 Å². The van der Waals surface area contributed by atoms with Gasteiger partial charge in [0.15, 0.2) is 5.78 Å². The Balaban J connectivity index is 2.60. The zero-order valence-electron chi connectivity index (χ0n) is 10.2. The van der Waals surface area contributed by atoms with Gasteiger partial charge in [0.1, 0.15) is 18.1 Å². The summed E-state index contributed by atoms with van der Waals surface area (Å²) in [6.45, 7) is 5.87. The Morgan fingerprint density at radius 2 is 1.94 bits per heavy atom. The molecular weight excluding hydrogens is 220 g/mol. The molecule has 0 atom stereocenters. The molecule has 1 aromatic carbocycles. The van der Waals surface area contributed by atoms with E-state index in [1.54, 1.807) is 24.3 Å².